The first kappa shape index (κ1) is 24.2. The summed E-state index contributed by atoms with van der Waals surface area (Å²) < 4.78 is 9.64. The Labute approximate surface area is 198 Å². The predicted octanol–water partition coefficient (Wildman–Crippen LogP) is 3.25. The highest BCUT2D eigenvalue weighted by Crippen LogP contribution is 2.32. The standard InChI is InChI=1S/C22H18Cl2N2O7/c1-10-4-5-12(22(31)32-3)6-17(10)25-18(27)9-33-21(30)11(2)26-19(28)13-7-15(23)16(24)8-14(13)20(26)29/h4-8,11H,9H2,1-3H3,(H,25,27). The molecule has 2 aromatic rings. The van der Waals surface area contributed by atoms with Gasteiger partial charge in [0.2, 0.25) is 0 Å². The first-order valence-electron chi connectivity index (χ1n) is 9.57. The van der Waals surface area contributed by atoms with Gasteiger partial charge < -0.3 is 14.8 Å². The van der Waals surface area contributed by atoms with Gasteiger partial charge >= 0.3 is 11.9 Å². The van der Waals surface area contributed by atoms with Gasteiger partial charge in [-0.25, -0.2) is 9.59 Å². The van der Waals surface area contributed by atoms with Crippen LogP contribution in [-0.2, 0) is 19.1 Å². The molecule has 0 aliphatic carbocycles. The van der Waals surface area contributed by atoms with Crippen molar-refractivity contribution in [2.24, 2.45) is 0 Å². The van der Waals surface area contributed by atoms with Crippen LogP contribution in [0.4, 0.5) is 5.69 Å². The summed E-state index contributed by atoms with van der Waals surface area (Å²) >= 11 is 11.8. The van der Waals surface area contributed by atoms with E-state index < -0.39 is 42.3 Å². The van der Waals surface area contributed by atoms with Gasteiger partial charge in [0.05, 0.1) is 33.8 Å². The van der Waals surface area contributed by atoms with Crippen LogP contribution in [0.3, 0.4) is 0 Å². The lowest BCUT2D eigenvalue weighted by Gasteiger charge is -2.20. The van der Waals surface area contributed by atoms with Gasteiger partial charge in [-0.2, -0.15) is 0 Å². The molecule has 2 aromatic carbocycles. The number of halogens is 2. The number of carbonyl (C=O) groups is 5. The number of nitrogens with zero attached hydrogens (tertiary/aromatic N) is 1. The number of esters is 2. The molecule has 1 atom stereocenters. The quantitative estimate of drug-likeness (QED) is 0.485. The molecule has 11 heteroatoms. The van der Waals surface area contributed by atoms with Gasteiger partial charge in [-0.1, -0.05) is 29.3 Å². The van der Waals surface area contributed by atoms with Gasteiger partial charge in [-0.05, 0) is 43.7 Å². The molecule has 0 aromatic heterocycles. The minimum Gasteiger partial charge on any atom is -0.465 e. The van der Waals surface area contributed by atoms with Crippen LogP contribution in [0.1, 0.15) is 43.6 Å². The van der Waals surface area contributed by atoms with Gasteiger partial charge in [0.1, 0.15) is 6.04 Å². The van der Waals surface area contributed by atoms with Crippen molar-refractivity contribution in [2.45, 2.75) is 19.9 Å². The van der Waals surface area contributed by atoms with Crippen molar-refractivity contribution < 1.29 is 33.4 Å². The highest BCUT2D eigenvalue weighted by molar-refractivity contribution is 6.43. The molecule has 9 nitrogen and oxygen atoms in total. The van der Waals surface area contributed by atoms with Crippen LogP contribution in [0.15, 0.2) is 30.3 Å². The molecule has 0 saturated carbocycles. The number of amides is 3. The zero-order valence-corrected chi connectivity index (χ0v) is 19.2. The van der Waals surface area contributed by atoms with E-state index in [9.17, 15) is 24.0 Å². The maximum atomic E-state index is 12.6. The smallest absolute Gasteiger partial charge is 0.337 e. The lowest BCUT2D eigenvalue weighted by Crippen LogP contribution is -2.44. The van der Waals surface area contributed by atoms with Gasteiger partial charge in [0, 0.05) is 5.69 Å². The van der Waals surface area contributed by atoms with Crippen LogP contribution in [0.2, 0.25) is 10.0 Å². The van der Waals surface area contributed by atoms with Crippen LogP contribution in [0.5, 0.6) is 0 Å². The van der Waals surface area contributed by atoms with Gasteiger partial charge in [-0.15, -0.1) is 0 Å². The number of imide groups is 1. The summed E-state index contributed by atoms with van der Waals surface area (Å²) in [7, 11) is 1.23. The highest BCUT2D eigenvalue weighted by atomic mass is 35.5. The molecule has 0 saturated heterocycles. The van der Waals surface area contributed by atoms with Crippen LogP contribution in [0.25, 0.3) is 0 Å². The molecule has 1 N–H and O–H groups in total. The lowest BCUT2D eigenvalue weighted by atomic mass is 10.1. The predicted molar refractivity (Wildman–Crippen MR) is 119 cm³/mol. The Morgan fingerprint density at radius 3 is 2.15 bits per heavy atom. The lowest BCUT2D eigenvalue weighted by molar-refractivity contribution is -0.150. The highest BCUT2D eigenvalue weighted by Gasteiger charge is 2.42. The normalized spacial score (nSPS) is 13.4. The largest absolute Gasteiger partial charge is 0.465 e. The molecular weight excluding hydrogens is 475 g/mol. The first-order valence-corrected chi connectivity index (χ1v) is 10.3. The summed E-state index contributed by atoms with van der Waals surface area (Å²) in [5.74, 6) is -3.66. The molecule has 0 fully saturated rings. The Bertz CT molecular complexity index is 1150. The van der Waals surface area contributed by atoms with E-state index in [2.05, 4.69) is 10.1 Å². The summed E-state index contributed by atoms with van der Waals surface area (Å²) in [6, 6.07) is 5.81. The SMILES string of the molecule is COC(=O)c1ccc(C)c(NC(=O)COC(=O)C(C)N2C(=O)c3cc(Cl)c(Cl)cc3C2=O)c1. The molecular formula is C22H18Cl2N2O7. The van der Waals surface area contributed by atoms with Gasteiger partial charge in [0.25, 0.3) is 17.7 Å². The number of fused-ring (bicyclic) bond motifs is 1. The second kappa shape index (κ2) is 9.60. The fraction of sp³-hybridized carbons (Fsp3) is 0.227. The molecule has 1 unspecified atom stereocenters. The number of methoxy groups -OCH3 is 1. The van der Waals surface area contributed by atoms with Crippen LogP contribution in [0, 0.1) is 6.92 Å². The summed E-state index contributed by atoms with van der Waals surface area (Å²) in [5, 5.41) is 2.73. The Morgan fingerprint density at radius 2 is 1.61 bits per heavy atom. The topological polar surface area (TPSA) is 119 Å². The molecule has 0 radical (unpaired) electrons. The molecule has 33 heavy (non-hydrogen) atoms. The average molecular weight is 493 g/mol. The van der Waals surface area contributed by atoms with Crippen LogP contribution < -0.4 is 5.32 Å². The van der Waals surface area contributed by atoms with Crippen LogP contribution in [-0.4, -0.2) is 54.3 Å². The maximum absolute atomic E-state index is 12.6. The van der Waals surface area contributed by atoms with E-state index in [4.69, 9.17) is 27.9 Å². The van der Waals surface area contributed by atoms with Crippen LogP contribution >= 0.6 is 23.2 Å². The Hall–Kier alpha value is -3.43. The minimum absolute atomic E-state index is 0.0211. The van der Waals surface area contributed by atoms with Gasteiger partial charge in [-0.3, -0.25) is 19.3 Å². The number of nitrogens with one attached hydrogen (secondary N) is 1. The van der Waals surface area contributed by atoms with E-state index in [0.717, 1.165) is 4.90 Å². The van der Waals surface area contributed by atoms with Crippen molar-refractivity contribution in [1.82, 2.24) is 4.90 Å². The molecule has 0 spiro atoms. The number of hydrogen-bond acceptors (Lipinski definition) is 7. The van der Waals surface area contributed by atoms with Crippen molar-refractivity contribution in [2.75, 3.05) is 19.0 Å². The zero-order chi connectivity index (χ0) is 24.4. The number of benzene rings is 2. The molecule has 1 heterocycles. The molecule has 172 valence electrons. The van der Waals surface area contributed by atoms with Gasteiger partial charge in [0.15, 0.2) is 6.61 Å². The molecule has 3 rings (SSSR count). The van der Waals surface area contributed by atoms with E-state index in [-0.39, 0.29) is 26.7 Å². The Kier molecular flexibility index (Phi) is 7.04. The number of aryl methyl sites for hydroxylation is 1. The third kappa shape index (κ3) is 4.84. The van der Waals surface area contributed by atoms with E-state index in [1.54, 1.807) is 19.1 Å². The summed E-state index contributed by atoms with van der Waals surface area (Å²) in [6.07, 6.45) is 0. The number of anilines is 1. The summed E-state index contributed by atoms with van der Waals surface area (Å²) in [4.78, 5) is 62.4. The second-order valence-electron chi connectivity index (χ2n) is 7.15. The fourth-order valence-corrected chi connectivity index (χ4v) is 3.48. The zero-order valence-electron chi connectivity index (χ0n) is 17.7. The first-order chi connectivity index (χ1) is 15.5. The molecule has 0 bridgehead atoms. The fourth-order valence-electron chi connectivity index (χ4n) is 3.15. The Balaban J connectivity index is 1.64. The third-order valence-electron chi connectivity index (χ3n) is 4.97. The van der Waals surface area contributed by atoms with E-state index in [1.165, 1.54) is 32.2 Å². The van der Waals surface area contributed by atoms with E-state index in [1.807, 2.05) is 0 Å². The monoisotopic (exact) mass is 492 g/mol. The number of hydrogen-bond donors (Lipinski definition) is 1. The van der Waals surface area contributed by atoms with Crippen molar-refractivity contribution in [3.05, 3.63) is 62.6 Å². The average Bonchev–Trinajstić information content (AvgIpc) is 3.02. The minimum atomic E-state index is -1.30. The second-order valence-corrected chi connectivity index (χ2v) is 7.96. The number of rotatable bonds is 6. The van der Waals surface area contributed by atoms with E-state index >= 15 is 0 Å². The summed E-state index contributed by atoms with van der Waals surface area (Å²) in [6.45, 7) is 2.34. The molecule has 1 aliphatic rings. The van der Waals surface area contributed by atoms with Crippen molar-refractivity contribution in [1.29, 1.82) is 0 Å². The van der Waals surface area contributed by atoms with Crippen molar-refractivity contribution >= 4 is 58.5 Å². The van der Waals surface area contributed by atoms with Crippen molar-refractivity contribution in [3.63, 3.8) is 0 Å². The maximum Gasteiger partial charge on any atom is 0.337 e. The summed E-state index contributed by atoms with van der Waals surface area (Å²) in [5.41, 5.74) is 1.27. The Morgan fingerprint density at radius 1 is 1.03 bits per heavy atom. The molecule has 3 amide bonds. The number of carbonyl (C=O) groups excluding carboxylic acids is 5. The molecule has 1 aliphatic heterocycles. The number of ether oxygens (including phenoxy) is 2. The van der Waals surface area contributed by atoms with Crippen molar-refractivity contribution in [3.8, 4) is 0 Å². The third-order valence-corrected chi connectivity index (χ3v) is 5.69. The van der Waals surface area contributed by atoms with E-state index in [0.29, 0.717) is 11.3 Å².